The van der Waals surface area contributed by atoms with Crippen molar-refractivity contribution in [3.8, 4) is 0 Å². The number of nitrogens with zero attached hydrogens (tertiary/aromatic N) is 4. The summed E-state index contributed by atoms with van der Waals surface area (Å²) in [6.07, 6.45) is 3.27. The Balaban J connectivity index is 1.45. The van der Waals surface area contributed by atoms with Crippen molar-refractivity contribution in [3.63, 3.8) is 0 Å². The number of benzene rings is 1. The molecular weight excluding hydrogens is 442 g/mol. The Kier molecular flexibility index (Phi) is 6.52. The molecule has 9 nitrogen and oxygen atoms in total. The number of anilines is 1. The standard InChI is InChI=1S/C20H26ClN5O4S/c1-24-14-18(19(27)22-13-17-3-2-12-30-17)20(23-24)31(28,29)26-10-8-25(9-11-26)16-6-4-15(21)5-7-16/h4-7,14,17H,2-3,8-13H2,1H3,(H,22,27)/t17-/m1/s1. The molecule has 0 bridgehead atoms. The highest BCUT2D eigenvalue weighted by Gasteiger charge is 2.34. The molecule has 4 rings (SSSR count). The van der Waals surface area contributed by atoms with Gasteiger partial charge in [0.2, 0.25) is 5.03 Å². The van der Waals surface area contributed by atoms with Gasteiger partial charge in [0.25, 0.3) is 15.9 Å². The first-order valence-corrected chi connectivity index (χ1v) is 12.1. The molecule has 2 aliphatic rings. The number of aryl methyl sites for hydroxylation is 1. The van der Waals surface area contributed by atoms with Gasteiger partial charge >= 0.3 is 0 Å². The van der Waals surface area contributed by atoms with Gasteiger partial charge in [0, 0.05) is 63.3 Å². The van der Waals surface area contributed by atoms with E-state index in [0.29, 0.717) is 44.4 Å². The molecule has 2 saturated heterocycles. The van der Waals surface area contributed by atoms with E-state index in [1.165, 1.54) is 15.2 Å². The zero-order chi connectivity index (χ0) is 22.0. The van der Waals surface area contributed by atoms with Crippen molar-refractivity contribution in [2.24, 2.45) is 7.05 Å². The third kappa shape index (κ3) is 4.87. The monoisotopic (exact) mass is 467 g/mol. The maximum Gasteiger partial charge on any atom is 0.263 e. The number of carbonyl (C=O) groups is 1. The van der Waals surface area contributed by atoms with Crippen LogP contribution in [0.1, 0.15) is 23.2 Å². The predicted octanol–water partition coefficient (Wildman–Crippen LogP) is 1.49. The average Bonchev–Trinajstić information content (AvgIpc) is 3.42. The van der Waals surface area contributed by atoms with Crippen molar-refractivity contribution in [1.82, 2.24) is 19.4 Å². The van der Waals surface area contributed by atoms with Crippen LogP contribution in [0.5, 0.6) is 0 Å². The largest absolute Gasteiger partial charge is 0.376 e. The second-order valence-corrected chi connectivity index (χ2v) is 10.0. The molecular formula is C20H26ClN5O4S. The first-order chi connectivity index (χ1) is 14.8. The molecule has 11 heteroatoms. The fourth-order valence-electron chi connectivity index (χ4n) is 3.88. The fraction of sp³-hybridized carbons (Fsp3) is 0.500. The lowest BCUT2D eigenvalue weighted by molar-refractivity contribution is 0.0855. The van der Waals surface area contributed by atoms with Crippen LogP contribution in [-0.4, -0.2) is 73.8 Å². The lowest BCUT2D eigenvalue weighted by atomic mass is 10.2. The number of hydrogen-bond acceptors (Lipinski definition) is 6. The molecule has 1 N–H and O–H groups in total. The second kappa shape index (κ2) is 9.15. The van der Waals surface area contributed by atoms with Crippen molar-refractivity contribution < 1.29 is 17.9 Å². The van der Waals surface area contributed by atoms with E-state index < -0.39 is 15.9 Å². The SMILES string of the molecule is Cn1cc(C(=O)NC[C@H]2CCCO2)c(S(=O)(=O)N2CCN(c3ccc(Cl)cc3)CC2)n1. The summed E-state index contributed by atoms with van der Waals surface area (Å²) in [7, 11) is -2.30. The highest BCUT2D eigenvalue weighted by molar-refractivity contribution is 7.89. The van der Waals surface area contributed by atoms with Crippen LogP contribution in [-0.2, 0) is 21.8 Å². The van der Waals surface area contributed by atoms with Gasteiger partial charge in [0.1, 0.15) is 0 Å². The molecule has 168 valence electrons. The van der Waals surface area contributed by atoms with E-state index >= 15 is 0 Å². The maximum atomic E-state index is 13.3. The Hall–Kier alpha value is -2.14. The van der Waals surface area contributed by atoms with Crippen molar-refractivity contribution in [2.45, 2.75) is 24.0 Å². The molecule has 1 aromatic heterocycles. The van der Waals surface area contributed by atoms with Crippen LogP contribution in [0.3, 0.4) is 0 Å². The van der Waals surface area contributed by atoms with Crippen LogP contribution in [0, 0.1) is 0 Å². The van der Waals surface area contributed by atoms with Gasteiger partial charge in [-0.25, -0.2) is 8.42 Å². The molecule has 1 amide bonds. The van der Waals surface area contributed by atoms with Crippen LogP contribution in [0.25, 0.3) is 0 Å². The van der Waals surface area contributed by atoms with E-state index in [-0.39, 0.29) is 16.7 Å². The van der Waals surface area contributed by atoms with E-state index in [0.717, 1.165) is 18.5 Å². The number of rotatable bonds is 6. The minimum Gasteiger partial charge on any atom is -0.376 e. The van der Waals surface area contributed by atoms with Crippen molar-refractivity contribution >= 4 is 33.2 Å². The van der Waals surface area contributed by atoms with Crippen LogP contribution in [0.15, 0.2) is 35.5 Å². The molecule has 2 aromatic rings. The van der Waals surface area contributed by atoms with Crippen molar-refractivity contribution in [2.75, 3.05) is 44.2 Å². The van der Waals surface area contributed by atoms with Gasteiger partial charge in [-0.05, 0) is 37.1 Å². The van der Waals surface area contributed by atoms with Gasteiger partial charge in [0.05, 0.1) is 11.7 Å². The summed E-state index contributed by atoms with van der Waals surface area (Å²) in [6, 6.07) is 7.47. The third-order valence-electron chi connectivity index (χ3n) is 5.57. The summed E-state index contributed by atoms with van der Waals surface area (Å²) in [5.74, 6) is -0.457. The Morgan fingerprint density at radius 3 is 2.58 bits per heavy atom. The number of halogens is 1. The quantitative estimate of drug-likeness (QED) is 0.691. The number of amides is 1. The average molecular weight is 468 g/mol. The normalized spacial score (nSPS) is 20.2. The molecule has 1 atom stereocenters. The molecule has 0 unspecified atom stereocenters. The zero-order valence-corrected chi connectivity index (χ0v) is 18.9. The Bertz CT molecular complexity index is 1030. The molecule has 1 aromatic carbocycles. The number of aromatic nitrogens is 2. The highest BCUT2D eigenvalue weighted by atomic mass is 35.5. The summed E-state index contributed by atoms with van der Waals surface area (Å²) >= 11 is 5.95. The van der Waals surface area contributed by atoms with Gasteiger partial charge in [0.15, 0.2) is 0 Å². The van der Waals surface area contributed by atoms with E-state index in [2.05, 4.69) is 15.3 Å². The van der Waals surface area contributed by atoms with Crippen LogP contribution < -0.4 is 10.2 Å². The van der Waals surface area contributed by atoms with Gasteiger partial charge in [-0.2, -0.15) is 9.40 Å². The predicted molar refractivity (Wildman–Crippen MR) is 117 cm³/mol. The van der Waals surface area contributed by atoms with Crippen LogP contribution in [0.4, 0.5) is 5.69 Å². The number of carbonyl (C=O) groups excluding carboxylic acids is 1. The molecule has 31 heavy (non-hydrogen) atoms. The van der Waals surface area contributed by atoms with Gasteiger partial charge in [-0.3, -0.25) is 9.48 Å². The number of hydrogen-bond donors (Lipinski definition) is 1. The van der Waals surface area contributed by atoms with Gasteiger partial charge in [-0.15, -0.1) is 0 Å². The summed E-state index contributed by atoms with van der Waals surface area (Å²) in [4.78, 5) is 14.8. The van der Waals surface area contributed by atoms with E-state index in [4.69, 9.17) is 16.3 Å². The molecule has 3 heterocycles. The molecule has 2 aliphatic heterocycles. The third-order valence-corrected chi connectivity index (χ3v) is 7.66. The van der Waals surface area contributed by atoms with Crippen LogP contribution >= 0.6 is 11.6 Å². The number of nitrogens with one attached hydrogen (secondary N) is 1. The summed E-state index contributed by atoms with van der Waals surface area (Å²) < 4.78 is 34.8. The minimum atomic E-state index is -3.91. The molecule has 0 spiro atoms. The smallest absolute Gasteiger partial charge is 0.263 e. The van der Waals surface area contributed by atoms with E-state index in [1.807, 2.05) is 24.3 Å². The lowest BCUT2D eigenvalue weighted by Crippen LogP contribution is -2.49. The summed E-state index contributed by atoms with van der Waals surface area (Å²) in [5, 5.41) is 7.34. The van der Waals surface area contributed by atoms with Crippen molar-refractivity contribution in [1.29, 1.82) is 0 Å². The van der Waals surface area contributed by atoms with E-state index in [1.54, 1.807) is 7.05 Å². The van der Waals surface area contributed by atoms with Gasteiger partial charge < -0.3 is 15.0 Å². The molecule has 0 aliphatic carbocycles. The van der Waals surface area contributed by atoms with Crippen molar-refractivity contribution in [3.05, 3.63) is 41.0 Å². The summed E-state index contributed by atoms with van der Waals surface area (Å²) in [6.45, 7) is 2.72. The Labute approximate surface area is 187 Å². The molecule has 2 fully saturated rings. The number of ether oxygens (including phenoxy) is 1. The van der Waals surface area contributed by atoms with Gasteiger partial charge in [-0.1, -0.05) is 11.6 Å². The minimum absolute atomic E-state index is 0.0263. The lowest BCUT2D eigenvalue weighted by Gasteiger charge is -2.35. The summed E-state index contributed by atoms with van der Waals surface area (Å²) in [5.41, 5.74) is 1.05. The maximum absolute atomic E-state index is 13.3. The topological polar surface area (TPSA) is 96.8 Å². The number of sulfonamides is 1. The molecule has 0 radical (unpaired) electrons. The first-order valence-electron chi connectivity index (χ1n) is 10.3. The highest BCUT2D eigenvalue weighted by Crippen LogP contribution is 2.24. The zero-order valence-electron chi connectivity index (χ0n) is 17.3. The Morgan fingerprint density at radius 2 is 1.94 bits per heavy atom. The van der Waals surface area contributed by atoms with E-state index in [9.17, 15) is 13.2 Å². The second-order valence-electron chi connectivity index (χ2n) is 7.73. The number of piperazine rings is 1. The fourth-order valence-corrected chi connectivity index (χ4v) is 5.55. The molecule has 0 saturated carbocycles. The Morgan fingerprint density at radius 1 is 1.23 bits per heavy atom. The van der Waals surface area contributed by atoms with Crippen LogP contribution in [0.2, 0.25) is 5.02 Å². The first kappa shape index (κ1) is 22.1.